The van der Waals surface area contributed by atoms with Crippen LogP contribution >= 0.6 is 23.2 Å². The highest BCUT2D eigenvalue weighted by Gasteiger charge is 2.41. The minimum atomic E-state index is -2.74. The second-order valence-electron chi connectivity index (χ2n) is 14.1. The van der Waals surface area contributed by atoms with Gasteiger partial charge in [-0.15, -0.1) is 0 Å². The van der Waals surface area contributed by atoms with Crippen molar-refractivity contribution in [1.82, 2.24) is 9.80 Å². The van der Waals surface area contributed by atoms with E-state index in [1.807, 2.05) is 60.7 Å². The SMILES string of the molecule is COc1c(C#N)cc2ccccc2c1C(=O)N(C)C[C@@H](CCN1CCC(c2ccccc2[S@+](C)[O-])CC1)c1ccc(Cl)c(Cl)c1.O=C(O)CC(O)(CC(=O)O)C(=O)O. The highest BCUT2D eigenvalue weighted by atomic mass is 35.5. The molecule has 13 nitrogen and oxygen atoms in total. The monoisotopic (exact) mass is 853 g/mol. The fourth-order valence-electron chi connectivity index (χ4n) is 7.17. The maximum atomic E-state index is 14.1. The Kier molecular flexibility index (Phi) is 16.4. The zero-order valence-corrected chi connectivity index (χ0v) is 34.5. The molecule has 1 heterocycles. The summed E-state index contributed by atoms with van der Waals surface area (Å²) in [5, 5.41) is 46.1. The summed E-state index contributed by atoms with van der Waals surface area (Å²) >= 11 is 11.7. The Morgan fingerprint density at radius 3 is 2.17 bits per heavy atom. The van der Waals surface area contributed by atoms with Crippen molar-refractivity contribution in [3.8, 4) is 11.8 Å². The Morgan fingerprint density at radius 2 is 1.60 bits per heavy atom. The number of rotatable bonds is 15. The number of likely N-dealkylation sites (tertiary alicyclic amines) is 1. The van der Waals surface area contributed by atoms with Crippen LogP contribution in [0.1, 0.15) is 71.0 Å². The first-order chi connectivity index (χ1) is 27.5. The van der Waals surface area contributed by atoms with E-state index in [1.54, 1.807) is 24.3 Å². The minimum absolute atomic E-state index is 0.00825. The predicted molar refractivity (Wildman–Crippen MR) is 220 cm³/mol. The van der Waals surface area contributed by atoms with E-state index in [0.717, 1.165) is 60.1 Å². The lowest BCUT2D eigenvalue weighted by Gasteiger charge is -2.34. The number of nitrogens with zero attached hydrogens (tertiary/aromatic N) is 3. The number of benzene rings is 4. The third-order valence-corrected chi connectivity index (χ3v) is 11.9. The number of fused-ring (bicyclic) bond motifs is 1. The molecule has 0 aromatic heterocycles. The molecule has 0 radical (unpaired) electrons. The number of carbonyl (C=O) groups is 4. The Bertz CT molecular complexity index is 2160. The number of ether oxygens (including phenoxy) is 1. The largest absolute Gasteiger partial charge is 0.612 e. The van der Waals surface area contributed by atoms with Gasteiger partial charge in [-0.1, -0.05) is 71.7 Å². The molecule has 0 aliphatic carbocycles. The van der Waals surface area contributed by atoms with Crippen molar-refractivity contribution in [3.05, 3.63) is 105 Å². The molecular formula is C42H45Cl2N3O10S. The average molecular weight is 855 g/mol. The number of likely N-dealkylation sites (N-methyl/N-ethyl adjacent to an activating group) is 1. The van der Waals surface area contributed by atoms with Gasteiger partial charge in [0.2, 0.25) is 0 Å². The highest BCUT2D eigenvalue weighted by Crippen LogP contribution is 2.36. The van der Waals surface area contributed by atoms with Crippen LogP contribution in [0.5, 0.6) is 5.75 Å². The number of hydrogen-bond acceptors (Lipinski definition) is 9. The number of amides is 1. The Labute approximate surface area is 349 Å². The van der Waals surface area contributed by atoms with Gasteiger partial charge in [0.1, 0.15) is 18.1 Å². The topological polar surface area (TPSA) is 212 Å². The predicted octanol–water partition coefficient (Wildman–Crippen LogP) is 6.64. The van der Waals surface area contributed by atoms with E-state index >= 15 is 0 Å². The smallest absolute Gasteiger partial charge is 0.336 e. The summed E-state index contributed by atoms with van der Waals surface area (Å²) in [5.41, 5.74) is 0.191. The summed E-state index contributed by atoms with van der Waals surface area (Å²) in [4.78, 5) is 49.7. The number of methoxy groups -OCH3 is 1. The zero-order chi connectivity index (χ0) is 42.7. The van der Waals surface area contributed by atoms with Crippen molar-refractivity contribution < 1.29 is 48.9 Å². The van der Waals surface area contributed by atoms with Crippen LogP contribution in [0.25, 0.3) is 10.8 Å². The lowest BCUT2D eigenvalue weighted by atomic mass is 9.88. The van der Waals surface area contributed by atoms with Gasteiger partial charge in [0.05, 0.1) is 41.1 Å². The van der Waals surface area contributed by atoms with Gasteiger partial charge >= 0.3 is 17.9 Å². The van der Waals surface area contributed by atoms with Crippen LogP contribution in [-0.4, -0.2) is 111 Å². The molecule has 58 heavy (non-hydrogen) atoms. The fourth-order valence-corrected chi connectivity index (χ4v) is 8.31. The Morgan fingerprint density at radius 1 is 0.983 bits per heavy atom. The summed E-state index contributed by atoms with van der Waals surface area (Å²) in [5.74, 6) is -4.56. The molecule has 0 unspecified atom stereocenters. The molecule has 4 N–H and O–H groups in total. The molecule has 5 rings (SSSR count). The Balaban J connectivity index is 0.000000492. The standard InChI is InChI=1S/C36H37Cl2N3O3S.C6H8O7/c1-40(36(42)34-30-10-5-4-8-26(30)20-28(22-39)35(34)44-2)23-27(25-12-13-31(37)32(38)21-25)16-19-41-17-14-24(15-18-41)29-9-6-7-11-33(29)45(3)43;7-3(8)1-6(13,5(11)12)2-4(9)10/h4-13,20-21,24,27H,14-19,23H2,1-3H3;13H,1-2H2,(H,7,8)(H,9,10)(H,11,12)/t27-,45+;/m1./s1. The summed E-state index contributed by atoms with van der Waals surface area (Å²) < 4.78 is 18.0. The van der Waals surface area contributed by atoms with Crippen LogP contribution in [0.2, 0.25) is 10.0 Å². The van der Waals surface area contributed by atoms with E-state index in [9.17, 15) is 29.0 Å². The van der Waals surface area contributed by atoms with Crippen LogP contribution in [0.3, 0.4) is 0 Å². The average Bonchev–Trinajstić information content (AvgIpc) is 3.19. The number of hydrogen-bond donors (Lipinski definition) is 4. The van der Waals surface area contributed by atoms with Gasteiger partial charge in [-0.2, -0.15) is 5.26 Å². The number of halogens is 2. The first-order valence-corrected chi connectivity index (χ1v) is 20.5. The van der Waals surface area contributed by atoms with E-state index in [4.69, 9.17) is 48.4 Å². The molecule has 1 saturated heterocycles. The van der Waals surface area contributed by atoms with Crippen molar-refractivity contribution in [3.63, 3.8) is 0 Å². The van der Waals surface area contributed by atoms with Crippen molar-refractivity contribution in [1.29, 1.82) is 5.26 Å². The van der Waals surface area contributed by atoms with Crippen molar-refractivity contribution in [2.24, 2.45) is 0 Å². The molecule has 16 heteroatoms. The quantitative estimate of drug-likeness (QED) is 0.0928. The van der Waals surface area contributed by atoms with Gasteiger partial charge in [-0.3, -0.25) is 14.4 Å². The van der Waals surface area contributed by atoms with Crippen LogP contribution < -0.4 is 4.74 Å². The van der Waals surface area contributed by atoms with Gasteiger partial charge < -0.3 is 39.5 Å². The van der Waals surface area contributed by atoms with Gasteiger partial charge in [0, 0.05) is 25.1 Å². The summed E-state index contributed by atoms with van der Waals surface area (Å²) in [6.07, 6.45) is 2.28. The molecule has 1 amide bonds. The Hall–Kier alpha value is -4.88. The van der Waals surface area contributed by atoms with Crippen molar-refractivity contribution in [2.75, 3.05) is 46.6 Å². The van der Waals surface area contributed by atoms with E-state index in [2.05, 4.69) is 17.0 Å². The van der Waals surface area contributed by atoms with E-state index in [1.165, 1.54) is 12.7 Å². The van der Waals surface area contributed by atoms with Crippen molar-refractivity contribution in [2.45, 2.75) is 54.4 Å². The zero-order valence-electron chi connectivity index (χ0n) is 32.2. The first-order valence-electron chi connectivity index (χ1n) is 18.2. The number of carboxylic acids is 3. The van der Waals surface area contributed by atoms with Crippen LogP contribution in [0.15, 0.2) is 77.7 Å². The number of aliphatic hydroxyl groups is 1. The van der Waals surface area contributed by atoms with Gasteiger partial charge in [0.15, 0.2) is 10.5 Å². The number of aliphatic carboxylic acids is 3. The molecular weight excluding hydrogens is 809 g/mol. The second-order valence-corrected chi connectivity index (χ2v) is 16.3. The molecule has 0 saturated carbocycles. The first kappa shape index (κ1) is 45.8. The molecule has 0 bridgehead atoms. The van der Waals surface area contributed by atoms with E-state index < -0.39 is 47.5 Å². The molecule has 2 atom stereocenters. The summed E-state index contributed by atoms with van der Waals surface area (Å²) in [6, 6.07) is 25.3. The van der Waals surface area contributed by atoms with Crippen LogP contribution in [0.4, 0.5) is 0 Å². The normalized spacial score (nSPS) is 14.4. The lowest BCUT2D eigenvalue weighted by molar-refractivity contribution is -0.170. The maximum Gasteiger partial charge on any atom is 0.336 e. The lowest BCUT2D eigenvalue weighted by Crippen LogP contribution is -2.42. The highest BCUT2D eigenvalue weighted by molar-refractivity contribution is 7.90. The number of carbonyl (C=O) groups excluding carboxylic acids is 1. The molecule has 0 spiro atoms. The summed E-state index contributed by atoms with van der Waals surface area (Å²) in [7, 11) is 3.28. The molecule has 1 fully saturated rings. The molecule has 1 aliphatic heterocycles. The molecule has 1 aliphatic rings. The minimum Gasteiger partial charge on any atom is -0.612 e. The third kappa shape index (κ3) is 11.6. The van der Waals surface area contributed by atoms with Crippen molar-refractivity contribution >= 4 is 69.0 Å². The third-order valence-electron chi connectivity index (χ3n) is 10.1. The van der Waals surface area contributed by atoms with Crippen LogP contribution in [0, 0.1) is 11.3 Å². The maximum absolute atomic E-state index is 14.1. The van der Waals surface area contributed by atoms with E-state index in [0.29, 0.717) is 33.6 Å². The van der Waals surface area contributed by atoms with Gasteiger partial charge in [-0.25, -0.2) is 4.79 Å². The van der Waals surface area contributed by atoms with Gasteiger partial charge in [-0.05, 0) is 96.6 Å². The molecule has 4 aromatic rings. The number of piperidine rings is 1. The van der Waals surface area contributed by atoms with E-state index in [-0.39, 0.29) is 17.6 Å². The summed E-state index contributed by atoms with van der Waals surface area (Å²) in [6.45, 7) is 3.19. The number of carboxylic acid groups (broad SMARTS) is 3. The number of nitriles is 1. The fraction of sp³-hybridized carbons (Fsp3) is 0.357. The second kappa shape index (κ2) is 20.7. The van der Waals surface area contributed by atoms with Gasteiger partial charge in [0.25, 0.3) is 5.91 Å². The molecule has 4 aromatic carbocycles. The molecule has 308 valence electrons. The van der Waals surface area contributed by atoms with Crippen LogP contribution in [-0.2, 0) is 25.6 Å².